The molecule has 0 saturated carbocycles. The highest BCUT2D eigenvalue weighted by Gasteiger charge is 2.27. The van der Waals surface area contributed by atoms with Crippen LogP contribution in [0, 0.1) is 11.3 Å². The van der Waals surface area contributed by atoms with E-state index in [1.54, 1.807) is 30.5 Å². The highest BCUT2D eigenvalue weighted by atomic mass is 32.3. The van der Waals surface area contributed by atoms with E-state index >= 15 is 0 Å². The fourth-order valence-electron chi connectivity index (χ4n) is 1.96. The highest BCUT2D eigenvalue weighted by Crippen LogP contribution is 2.18. The summed E-state index contributed by atoms with van der Waals surface area (Å²) in [4.78, 5) is 11.6. The zero-order valence-electron chi connectivity index (χ0n) is 14.5. The van der Waals surface area contributed by atoms with E-state index in [-0.39, 0.29) is 5.70 Å². The summed E-state index contributed by atoms with van der Waals surface area (Å²) in [5, 5.41) is 19.4. The van der Waals surface area contributed by atoms with Crippen LogP contribution in [0.4, 0.5) is 9.57 Å². The van der Waals surface area contributed by atoms with Gasteiger partial charge in [0.25, 0.3) is 16.3 Å². The van der Waals surface area contributed by atoms with Gasteiger partial charge in [-0.1, -0.05) is 36.4 Å². The Labute approximate surface area is 161 Å². The van der Waals surface area contributed by atoms with Crippen molar-refractivity contribution in [2.24, 2.45) is 0 Å². The van der Waals surface area contributed by atoms with Crippen molar-refractivity contribution < 1.29 is 36.1 Å². The monoisotopic (exact) mass is 406 g/mol. The molecular formula is C18H15FN2O6S. The van der Waals surface area contributed by atoms with E-state index in [9.17, 15) is 19.0 Å². The van der Waals surface area contributed by atoms with E-state index in [1.165, 1.54) is 4.58 Å². The molecule has 0 amide bonds. The smallest absolute Gasteiger partial charge is 0.381 e. The number of nitrogens with zero attached hydrogens (tertiary/aromatic N) is 2. The molecule has 10 heteroatoms. The van der Waals surface area contributed by atoms with Crippen LogP contribution in [0.1, 0.15) is 5.56 Å². The third kappa shape index (κ3) is 7.77. The molecule has 0 spiro atoms. The van der Waals surface area contributed by atoms with Crippen LogP contribution in [0.5, 0.6) is 0 Å². The second-order valence-electron chi connectivity index (χ2n) is 4.94. The molecule has 2 rings (SSSR count). The molecule has 146 valence electrons. The van der Waals surface area contributed by atoms with Gasteiger partial charge in [0.15, 0.2) is 12.3 Å². The first-order chi connectivity index (χ1) is 13.2. The molecule has 2 aromatic rings. The van der Waals surface area contributed by atoms with Gasteiger partial charge in [0.05, 0.1) is 7.11 Å². The van der Waals surface area contributed by atoms with Gasteiger partial charge in [-0.25, -0.2) is 13.2 Å². The number of allylic oxidation sites excluding steroid dienone is 1. The van der Waals surface area contributed by atoms with Crippen LogP contribution in [0.15, 0.2) is 72.1 Å². The van der Waals surface area contributed by atoms with Crippen LogP contribution in [-0.2, 0) is 20.0 Å². The number of hydrogen-bond acceptors (Lipinski definition) is 7. The molecule has 0 aliphatic heterocycles. The predicted octanol–water partition coefficient (Wildman–Crippen LogP) is 2.33. The standard InChI is InChI=1S/C18H14N2O3.FHO3S/c1-23-18(22)17(21)16(12-19)20(15-10-6-3-7-11-15)13-14-8-4-2-5-9-14;1-5(2,3)4/h2-11,13H,1H3;(H,2,3,4)/b17-16-,20-13?;. The maximum absolute atomic E-state index is 11.6. The summed E-state index contributed by atoms with van der Waals surface area (Å²) in [6.07, 6.45) is 1.66. The van der Waals surface area contributed by atoms with E-state index in [0.29, 0.717) is 5.69 Å². The van der Waals surface area contributed by atoms with Crippen LogP contribution in [0.3, 0.4) is 0 Å². The van der Waals surface area contributed by atoms with E-state index in [2.05, 4.69) is 4.74 Å². The largest absolute Gasteiger partial charge is 0.722 e. The lowest BCUT2D eigenvalue weighted by molar-refractivity contribution is -0.372. The quantitative estimate of drug-likeness (QED) is 0.120. The zero-order chi connectivity index (χ0) is 21.2. The second kappa shape index (κ2) is 10.6. The van der Waals surface area contributed by atoms with Crippen LogP contribution in [0.2, 0.25) is 0 Å². The Morgan fingerprint density at radius 1 is 1.18 bits per heavy atom. The lowest BCUT2D eigenvalue weighted by Crippen LogP contribution is -2.15. The molecule has 0 radical (unpaired) electrons. The number of carbonyl (C=O) groups excluding carboxylic acids is 1. The fourth-order valence-corrected chi connectivity index (χ4v) is 1.96. The number of benzene rings is 2. The molecule has 0 heterocycles. The van der Waals surface area contributed by atoms with Crippen molar-refractivity contribution in [3.63, 3.8) is 0 Å². The SMILES string of the molecule is COC(=O)/C(O)=C(\C#N)[N+](=Cc1ccccc1)c1ccccc1.O=S(=O)([O-])F. The molecule has 2 aromatic carbocycles. The number of esters is 1. The van der Waals surface area contributed by atoms with Gasteiger partial charge in [-0.15, -0.1) is 8.46 Å². The Kier molecular flexibility index (Phi) is 8.48. The number of methoxy groups -OCH3 is 1. The van der Waals surface area contributed by atoms with Crippen molar-refractivity contribution in [3.8, 4) is 6.07 Å². The summed E-state index contributed by atoms with van der Waals surface area (Å²) < 4.78 is 41.3. The molecule has 28 heavy (non-hydrogen) atoms. The van der Waals surface area contributed by atoms with Gasteiger partial charge in [0, 0.05) is 17.7 Å². The molecule has 0 saturated heterocycles. The zero-order valence-corrected chi connectivity index (χ0v) is 15.3. The number of para-hydroxylation sites is 1. The van der Waals surface area contributed by atoms with Crippen LogP contribution < -0.4 is 0 Å². The van der Waals surface area contributed by atoms with Crippen LogP contribution in [-0.4, -0.2) is 41.9 Å². The van der Waals surface area contributed by atoms with Gasteiger partial charge in [-0.2, -0.15) is 5.26 Å². The molecule has 0 aliphatic rings. The first kappa shape index (κ1) is 22.5. The van der Waals surface area contributed by atoms with Crippen molar-refractivity contribution >= 4 is 28.4 Å². The number of aliphatic hydroxyl groups is 1. The maximum atomic E-state index is 11.6. The molecule has 1 N–H and O–H groups in total. The van der Waals surface area contributed by atoms with Crippen molar-refractivity contribution in [2.75, 3.05) is 7.11 Å². The van der Waals surface area contributed by atoms with Gasteiger partial charge in [0.2, 0.25) is 5.69 Å². The summed E-state index contributed by atoms with van der Waals surface area (Å²) >= 11 is 0. The average molecular weight is 406 g/mol. The van der Waals surface area contributed by atoms with Crippen molar-refractivity contribution in [3.05, 3.63) is 77.7 Å². The summed E-state index contributed by atoms with van der Waals surface area (Å²) in [7, 11) is -4.28. The van der Waals surface area contributed by atoms with E-state index in [1.807, 2.05) is 42.5 Å². The van der Waals surface area contributed by atoms with Gasteiger partial charge in [-0.3, -0.25) is 0 Å². The normalized spacial score (nSPS) is 12.0. The predicted molar refractivity (Wildman–Crippen MR) is 96.1 cm³/mol. The molecule has 0 fully saturated rings. The maximum Gasteiger partial charge on any atom is 0.381 e. The minimum Gasteiger partial charge on any atom is -0.722 e. The fraction of sp³-hybridized carbons (Fsp3) is 0.0556. The lowest BCUT2D eigenvalue weighted by atomic mass is 10.2. The minimum absolute atomic E-state index is 0.216. The highest BCUT2D eigenvalue weighted by molar-refractivity contribution is 7.80. The molecular weight excluding hydrogens is 391 g/mol. The third-order valence-electron chi connectivity index (χ3n) is 3.06. The molecule has 8 nitrogen and oxygen atoms in total. The molecule has 0 unspecified atom stereocenters. The Hall–Kier alpha value is -3.55. The number of aliphatic hydroxyl groups excluding tert-OH is 1. The number of halogens is 1. The summed E-state index contributed by atoms with van der Waals surface area (Å²) in [5.74, 6) is -1.71. The minimum atomic E-state index is -5.42. The van der Waals surface area contributed by atoms with Crippen LogP contribution in [0.25, 0.3) is 0 Å². The molecule has 0 aliphatic carbocycles. The Bertz CT molecular complexity index is 1010. The Balaban J connectivity index is 0.000000696. The Morgan fingerprint density at radius 3 is 2.07 bits per heavy atom. The summed E-state index contributed by atoms with van der Waals surface area (Å²) in [6, 6.07) is 20.1. The average Bonchev–Trinajstić information content (AvgIpc) is 2.67. The molecule has 0 aromatic heterocycles. The third-order valence-corrected chi connectivity index (χ3v) is 3.06. The van der Waals surface area contributed by atoms with Gasteiger partial charge >= 0.3 is 11.7 Å². The molecule has 0 atom stereocenters. The Morgan fingerprint density at radius 2 is 1.64 bits per heavy atom. The van der Waals surface area contributed by atoms with Gasteiger partial charge in [-0.05, 0) is 12.1 Å². The van der Waals surface area contributed by atoms with E-state index < -0.39 is 22.2 Å². The first-order valence-corrected chi connectivity index (χ1v) is 8.79. The number of hydrogen-bond donors (Lipinski definition) is 1. The topological polar surface area (TPSA) is 131 Å². The van der Waals surface area contributed by atoms with Crippen molar-refractivity contribution in [2.45, 2.75) is 0 Å². The van der Waals surface area contributed by atoms with E-state index in [0.717, 1.165) is 12.7 Å². The lowest BCUT2D eigenvalue weighted by Gasteiger charge is -2.03. The number of rotatable bonds is 4. The van der Waals surface area contributed by atoms with Gasteiger partial charge in [0.1, 0.15) is 0 Å². The van der Waals surface area contributed by atoms with Gasteiger partial charge < -0.3 is 14.4 Å². The van der Waals surface area contributed by atoms with Crippen molar-refractivity contribution in [1.82, 2.24) is 0 Å². The summed E-state index contributed by atoms with van der Waals surface area (Å²) in [5.41, 5.74) is 1.22. The van der Waals surface area contributed by atoms with E-state index in [4.69, 9.17) is 13.0 Å². The van der Waals surface area contributed by atoms with Crippen molar-refractivity contribution in [1.29, 1.82) is 5.26 Å². The molecule has 0 bridgehead atoms. The second-order valence-corrected chi connectivity index (χ2v) is 5.73. The number of carbonyl (C=O) groups is 1. The van der Waals surface area contributed by atoms with Crippen LogP contribution >= 0.6 is 0 Å². The number of nitriles is 1. The number of ether oxygens (including phenoxy) is 1. The summed E-state index contributed by atoms with van der Waals surface area (Å²) in [6.45, 7) is 0. The first-order valence-electron chi connectivity index (χ1n) is 7.48.